The molecular formula is C29H30FN5O5S2. The Hall–Kier alpha value is -4.07. The number of rotatable bonds is 11. The molecule has 0 radical (unpaired) electrons. The Labute approximate surface area is 247 Å². The molecule has 0 aliphatic heterocycles. The van der Waals surface area contributed by atoms with Crippen LogP contribution >= 0.6 is 11.3 Å². The second-order valence-corrected chi connectivity index (χ2v) is 13.4. The number of nitro groups is 1. The number of non-ortho nitro benzene ring substituents is 1. The summed E-state index contributed by atoms with van der Waals surface area (Å²) in [6, 6.07) is 15.3. The van der Waals surface area contributed by atoms with Crippen LogP contribution in [0.4, 0.5) is 15.2 Å². The highest BCUT2D eigenvalue weighted by molar-refractivity contribution is 7.89. The minimum atomic E-state index is -3.80. The number of carbonyl (C=O) groups excluding carboxylic acids is 1. The summed E-state index contributed by atoms with van der Waals surface area (Å²) in [5.41, 5.74) is 1.02. The molecule has 0 atom stereocenters. The molecule has 0 saturated carbocycles. The number of benzene rings is 3. The molecule has 1 amide bonds. The maximum atomic E-state index is 13.8. The number of hydrogen-bond donors (Lipinski definition) is 0. The number of nitrogens with zero attached hydrogens (tertiary/aromatic N) is 5. The van der Waals surface area contributed by atoms with Crippen LogP contribution in [0.3, 0.4) is 0 Å². The Kier molecular flexibility index (Phi) is 9.44. The van der Waals surface area contributed by atoms with E-state index in [9.17, 15) is 27.7 Å². The molecule has 0 N–H and O–H groups in total. The Morgan fingerprint density at radius 1 is 1.02 bits per heavy atom. The van der Waals surface area contributed by atoms with Crippen molar-refractivity contribution < 1.29 is 22.5 Å². The van der Waals surface area contributed by atoms with Crippen molar-refractivity contribution in [1.82, 2.24) is 9.29 Å². The molecule has 0 unspecified atom stereocenters. The fourth-order valence-electron chi connectivity index (χ4n) is 4.10. The number of aromatic nitrogens is 1. The summed E-state index contributed by atoms with van der Waals surface area (Å²) in [4.78, 5) is 28.7. The van der Waals surface area contributed by atoms with Crippen LogP contribution in [-0.2, 0) is 10.0 Å². The van der Waals surface area contributed by atoms with Gasteiger partial charge in [-0.1, -0.05) is 39.0 Å². The van der Waals surface area contributed by atoms with Crippen LogP contribution in [0.5, 0.6) is 0 Å². The second-order valence-electron chi connectivity index (χ2n) is 10.5. The normalized spacial score (nSPS) is 12.2. The van der Waals surface area contributed by atoms with E-state index in [-0.39, 0.29) is 33.1 Å². The van der Waals surface area contributed by atoms with E-state index >= 15 is 0 Å². The molecule has 3 aromatic carbocycles. The van der Waals surface area contributed by atoms with E-state index < -0.39 is 26.7 Å². The van der Waals surface area contributed by atoms with E-state index in [0.717, 1.165) is 16.3 Å². The number of halogens is 1. The average Bonchev–Trinajstić information content (AvgIpc) is 3.35. The molecule has 0 bridgehead atoms. The summed E-state index contributed by atoms with van der Waals surface area (Å²) in [6.07, 6.45) is 1.35. The van der Waals surface area contributed by atoms with Gasteiger partial charge in [-0.25, -0.2) is 17.8 Å². The van der Waals surface area contributed by atoms with Crippen LogP contribution < -0.4 is 5.01 Å². The molecule has 0 fully saturated rings. The molecule has 10 nitrogen and oxygen atoms in total. The highest BCUT2D eigenvalue weighted by Gasteiger charge is 2.27. The maximum absolute atomic E-state index is 13.8. The molecule has 13 heteroatoms. The van der Waals surface area contributed by atoms with Crippen molar-refractivity contribution in [3.63, 3.8) is 0 Å². The highest BCUT2D eigenvalue weighted by atomic mass is 32.2. The smallest absolute Gasteiger partial charge is 0.267 e. The first-order valence-electron chi connectivity index (χ1n) is 13.1. The SMILES string of the molecule is CC(C)CN(CC(C)C)S(=O)(=O)c1ccc(C(=O)N(/N=C/c2ccc([N+](=O)[O-])cc2)c2nc3ccc(F)cc3s2)cc1. The van der Waals surface area contributed by atoms with Crippen molar-refractivity contribution in [2.45, 2.75) is 32.6 Å². The van der Waals surface area contributed by atoms with Gasteiger partial charge in [0.2, 0.25) is 15.2 Å². The van der Waals surface area contributed by atoms with E-state index in [1.54, 1.807) is 0 Å². The van der Waals surface area contributed by atoms with Gasteiger partial charge in [0, 0.05) is 30.8 Å². The van der Waals surface area contributed by atoms with Gasteiger partial charge in [0.05, 0.1) is 26.3 Å². The fourth-order valence-corrected chi connectivity index (χ4v) is 6.81. The van der Waals surface area contributed by atoms with E-state index in [4.69, 9.17) is 0 Å². The molecule has 1 heterocycles. The van der Waals surface area contributed by atoms with Crippen LogP contribution in [0.2, 0.25) is 0 Å². The summed E-state index contributed by atoms with van der Waals surface area (Å²) >= 11 is 1.05. The molecule has 4 rings (SSSR count). The third-order valence-electron chi connectivity index (χ3n) is 6.02. The van der Waals surface area contributed by atoms with Gasteiger partial charge in [-0.05, 0) is 72.0 Å². The predicted octanol–water partition coefficient (Wildman–Crippen LogP) is 6.33. The molecule has 0 saturated heterocycles. The van der Waals surface area contributed by atoms with E-state index in [2.05, 4.69) is 10.1 Å². The van der Waals surface area contributed by atoms with Crippen molar-refractivity contribution in [1.29, 1.82) is 0 Å². The van der Waals surface area contributed by atoms with Crippen LogP contribution in [0, 0.1) is 27.8 Å². The summed E-state index contributed by atoms with van der Waals surface area (Å²) in [5.74, 6) is -0.795. The number of amides is 1. The number of fused-ring (bicyclic) bond motifs is 1. The second kappa shape index (κ2) is 12.8. The number of nitro benzene ring substituents is 1. The van der Waals surface area contributed by atoms with Gasteiger partial charge in [0.25, 0.3) is 11.6 Å². The summed E-state index contributed by atoms with van der Waals surface area (Å²) in [6.45, 7) is 8.54. The van der Waals surface area contributed by atoms with Gasteiger partial charge in [0.1, 0.15) is 5.82 Å². The Morgan fingerprint density at radius 2 is 1.64 bits per heavy atom. The van der Waals surface area contributed by atoms with Crippen LogP contribution in [0.1, 0.15) is 43.6 Å². The molecule has 0 aliphatic rings. The summed E-state index contributed by atoms with van der Waals surface area (Å²) in [7, 11) is -3.80. The average molecular weight is 612 g/mol. The molecule has 0 spiro atoms. The molecule has 0 aliphatic carbocycles. The van der Waals surface area contributed by atoms with Gasteiger partial charge >= 0.3 is 0 Å². The largest absolute Gasteiger partial charge is 0.280 e. The lowest BCUT2D eigenvalue weighted by Gasteiger charge is -2.25. The van der Waals surface area contributed by atoms with E-state index in [1.807, 2.05) is 27.7 Å². The third kappa shape index (κ3) is 7.22. The predicted molar refractivity (Wildman–Crippen MR) is 162 cm³/mol. The van der Waals surface area contributed by atoms with Gasteiger partial charge < -0.3 is 0 Å². The molecular weight excluding hydrogens is 581 g/mol. The van der Waals surface area contributed by atoms with Crippen LogP contribution in [-0.4, -0.2) is 47.8 Å². The van der Waals surface area contributed by atoms with Crippen LogP contribution in [0.15, 0.2) is 76.7 Å². The lowest BCUT2D eigenvalue weighted by Crippen LogP contribution is -2.37. The quantitative estimate of drug-likeness (QED) is 0.111. The Morgan fingerprint density at radius 3 is 2.21 bits per heavy atom. The van der Waals surface area contributed by atoms with Gasteiger partial charge in [0.15, 0.2) is 0 Å². The van der Waals surface area contributed by atoms with Gasteiger partial charge in [-0.2, -0.15) is 14.4 Å². The van der Waals surface area contributed by atoms with Crippen LogP contribution in [0.25, 0.3) is 10.2 Å². The summed E-state index contributed by atoms with van der Waals surface area (Å²) < 4.78 is 42.6. The first-order valence-corrected chi connectivity index (χ1v) is 15.4. The van der Waals surface area contributed by atoms with Crippen molar-refractivity contribution in [2.75, 3.05) is 18.1 Å². The molecule has 220 valence electrons. The zero-order chi connectivity index (χ0) is 30.6. The Balaban J connectivity index is 1.68. The topological polar surface area (TPSA) is 126 Å². The standard InChI is InChI=1S/C29H30FN5O5S2/c1-19(2)17-33(18-20(3)4)42(39,40)25-12-7-22(8-13-25)28(36)34(29-32-26-14-9-23(30)15-27(26)41-29)31-16-21-5-10-24(11-6-21)35(37)38/h5-16,19-20H,17-18H2,1-4H3/b31-16+. The zero-order valence-electron chi connectivity index (χ0n) is 23.5. The minimum Gasteiger partial charge on any atom is -0.267 e. The number of anilines is 1. The zero-order valence-corrected chi connectivity index (χ0v) is 25.1. The summed E-state index contributed by atoms with van der Waals surface area (Å²) in [5, 5.41) is 16.5. The first kappa shape index (κ1) is 30.9. The van der Waals surface area contributed by atoms with Crippen molar-refractivity contribution in [3.05, 3.63) is 93.8 Å². The van der Waals surface area contributed by atoms with E-state index in [1.165, 1.54) is 77.2 Å². The molecule has 1 aromatic heterocycles. The van der Waals surface area contributed by atoms with Crippen molar-refractivity contribution in [2.24, 2.45) is 16.9 Å². The molecule has 4 aromatic rings. The first-order chi connectivity index (χ1) is 19.8. The Bertz CT molecular complexity index is 1710. The number of hydrogen-bond acceptors (Lipinski definition) is 8. The van der Waals surface area contributed by atoms with Gasteiger partial charge in [-0.15, -0.1) is 0 Å². The third-order valence-corrected chi connectivity index (χ3v) is 8.86. The maximum Gasteiger partial charge on any atom is 0.280 e. The van der Waals surface area contributed by atoms with Gasteiger partial charge in [-0.3, -0.25) is 14.9 Å². The van der Waals surface area contributed by atoms with Crippen molar-refractivity contribution in [3.8, 4) is 0 Å². The monoisotopic (exact) mass is 611 g/mol. The van der Waals surface area contributed by atoms with Crippen molar-refractivity contribution >= 4 is 54.5 Å². The minimum absolute atomic E-state index is 0.0664. The number of carbonyl (C=O) groups is 1. The fraction of sp³-hybridized carbons (Fsp3) is 0.276. The number of hydrazone groups is 1. The number of sulfonamides is 1. The lowest BCUT2D eigenvalue weighted by molar-refractivity contribution is -0.384. The highest BCUT2D eigenvalue weighted by Crippen LogP contribution is 2.31. The van der Waals surface area contributed by atoms with E-state index in [0.29, 0.717) is 28.9 Å². The number of thiazole rings is 1. The molecule has 42 heavy (non-hydrogen) atoms. The lowest BCUT2D eigenvalue weighted by atomic mass is 10.2.